The van der Waals surface area contributed by atoms with Crippen molar-refractivity contribution in [3.8, 4) is 0 Å². The third kappa shape index (κ3) is 4.46. The highest BCUT2D eigenvalue weighted by molar-refractivity contribution is 5.67. The van der Waals surface area contributed by atoms with Crippen molar-refractivity contribution >= 4 is 6.09 Å². The zero-order valence-corrected chi connectivity index (χ0v) is 9.01. The summed E-state index contributed by atoms with van der Waals surface area (Å²) in [6.45, 7) is 5.36. The van der Waals surface area contributed by atoms with Gasteiger partial charge in [0.1, 0.15) is 6.61 Å². The Morgan fingerprint density at radius 3 is 2.93 bits per heavy atom. The number of piperidine rings is 1. The van der Waals surface area contributed by atoms with E-state index in [-0.39, 0.29) is 12.1 Å². The van der Waals surface area contributed by atoms with E-state index in [0.717, 1.165) is 13.0 Å². The fourth-order valence-electron chi connectivity index (χ4n) is 1.52. The predicted octanol–water partition coefficient (Wildman–Crippen LogP) is 1.26. The molecule has 82 valence electrons. The quantitative estimate of drug-likeness (QED) is 0.721. The molecule has 1 aliphatic rings. The molecule has 0 aliphatic carbocycles. The molecule has 4 nitrogen and oxygen atoms in total. The van der Waals surface area contributed by atoms with E-state index in [2.05, 4.69) is 10.6 Å². The number of rotatable bonds is 3. The summed E-state index contributed by atoms with van der Waals surface area (Å²) in [5.41, 5.74) is 0. The van der Waals surface area contributed by atoms with Gasteiger partial charge in [-0.2, -0.15) is 0 Å². The van der Waals surface area contributed by atoms with E-state index >= 15 is 0 Å². The minimum atomic E-state index is -0.313. The van der Waals surface area contributed by atoms with Crippen LogP contribution in [0.1, 0.15) is 33.1 Å². The summed E-state index contributed by atoms with van der Waals surface area (Å²) < 4.78 is 5.08. The van der Waals surface area contributed by atoms with Crippen LogP contribution in [0.4, 0.5) is 4.79 Å². The highest BCUT2D eigenvalue weighted by atomic mass is 16.5. The van der Waals surface area contributed by atoms with Crippen LogP contribution in [0.25, 0.3) is 0 Å². The van der Waals surface area contributed by atoms with E-state index in [1.807, 2.05) is 13.8 Å². The summed E-state index contributed by atoms with van der Waals surface area (Å²) in [7, 11) is 0. The van der Waals surface area contributed by atoms with Crippen molar-refractivity contribution in [1.82, 2.24) is 10.6 Å². The first-order valence-electron chi connectivity index (χ1n) is 5.35. The fraction of sp³-hybridized carbons (Fsp3) is 0.900. The normalized spacial score (nSPS) is 22.1. The average Bonchev–Trinajstić information content (AvgIpc) is 2.15. The molecule has 0 spiro atoms. The molecule has 1 heterocycles. The highest BCUT2D eigenvalue weighted by Crippen LogP contribution is 2.06. The fourth-order valence-corrected chi connectivity index (χ4v) is 1.52. The van der Waals surface area contributed by atoms with Gasteiger partial charge < -0.3 is 15.4 Å². The van der Waals surface area contributed by atoms with Gasteiger partial charge in [-0.15, -0.1) is 0 Å². The van der Waals surface area contributed by atoms with Crippen LogP contribution in [0.5, 0.6) is 0 Å². The summed E-state index contributed by atoms with van der Waals surface area (Å²) in [4.78, 5) is 11.1. The first-order chi connectivity index (χ1) is 6.68. The lowest BCUT2D eigenvalue weighted by Gasteiger charge is -2.23. The maximum atomic E-state index is 11.1. The van der Waals surface area contributed by atoms with Crippen LogP contribution in [0.2, 0.25) is 0 Å². The number of hydrogen-bond acceptors (Lipinski definition) is 3. The number of carbonyl (C=O) groups is 1. The molecule has 1 amide bonds. The van der Waals surface area contributed by atoms with Gasteiger partial charge in [0, 0.05) is 12.1 Å². The number of amides is 1. The van der Waals surface area contributed by atoms with E-state index in [4.69, 9.17) is 4.74 Å². The molecular formula is C10H20N2O2. The van der Waals surface area contributed by atoms with Crippen molar-refractivity contribution in [2.75, 3.05) is 13.2 Å². The van der Waals surface area contributed by atoms with E-state index in [1.165, 1.54) is 12.8 Å². The number of nitrogens with one attached hydrogen (secondary N) is 2. The molecule has 0 aromatic heterocycles. The molecule has 0 aromatic carbocycles. The molecule has 1 rings (SSSR count). The average molecular weight is 200 g/mol. The molecular weight excluding hydrogens is 180 g/mol. The second-order valence-electron chi connectivity index (χ2n) is 4.04. The molecule has 1 fully saturated rings. The van der Waals surface area contributed by atoms with E-state index in [0.29, 0.717) is 12.6 Å². The molecule has 1 unspecified atom stereocenters. The lowest BCUT2D eigenvalue weighted by atomic mass is 10.1. The summed E-state index contributed by atoms with van der Waals surface area (Å²) in [5.74, 6) is 0. The molecule has 0 aromatic rings. The van der Waals surface area contributed by atoms with Gasteiger partial charge in [-0.05, 0) is 33.2 Å². The molecule has 1 saturated heterocycles. The zero-order valence-electron chi connectivity index (χ0n) is 9.01. The molecule has 14 heavy (non-hydrogen) atoms. The molecule has 0 bridgehead atoms. The van der Waals surface area contributed by atoms with E-state index in [9.17, 15) is 4.79 Å². The van der Waals surface area contributed by atoms with Gasteiger partial charge in [-0.3, -0.25) is 0 Å². The van der Waals surface area contributed by atoms with Gasteiger partial charge in [0.15, 0.2) is 0 Å². The van der Waals surface area contributed by atoms with Crippen molar-refractivity contribution in [1.29, 1.82) is 0 Å². The monoisotopic (exact) mass is 200 g/mol. The number of alkyl carbamates (subject to hydrolysis) is 1. The van der Waals surface area contributed by atoms with Gasteiger partial charge in [0.05, 0.1) is 0 Å². The third-order valence-corrected chi connectivity index (χ3v) is 2.23. The van der Waals surface area contributed by atoms with Crippen molar-refractivity contribution in [2.24, 2.45) is 0 Å². The molecule has 2 N–H and O–H groups in total. The minimum Gasteiger partial charge on any atom is -0.448 e. The Balaban J connectivity index is 2.09. The van der Waals surface area contributed by atoms with Crippen LogP contribution >= 0.6 is 0 Å². The largest absolute Gasteiger partial charge is 0.448 e. The first kappa shape index (κ1) is 11.3. The summed E-state index contributed by atoms with van der Waals surface area (Å²) >= 11 is 0. The summed E-state index contributed by atoms with van der Waals surface area (Å²) in [6.07, 6.45) is 3.25. The third-order valence-electron chi connectivity index (χ3n) is 2.23. The molecule has 0 saturated carbocycles. The molecule has 1 aliphatic heterocycles. The lowest BCUT2D eigenvalue weighted by molar-refractivity contribution is 0.126. The standard InChI is InChI=1S/C10H20N2O2/c1-8(2)12-10(13)14-7-9-5-3-4-6-11-9/h8-9,11H,3-7H2,1-2H3,(H,12,13). The van der Waals surface area contributed by atoms with Crippen LogP contribution < -0.4 is 10.6 Å². The number of hydrogen-bond donors (Lipinski definition) is 2. The van der Waals surface area contributed by atoms with Crippen molar-refractivity contribution in [3.63, 3.8) is 0 Å². The molecule has 0 radical (unpaired) electrons. The lowest BCUT2D eigenvalue weighted by Crippen LogP contribution is -2.40. The van der Waals surface area contributed by atoms with E-state index < -0.39 is 0 Å². The Bertz CT molecular complexity index is 177. The highest BCUT2D eigenvalue weighted by Gasteiger charge is 2.14. The number of ether oxygens (including phenoxy) is 1. The van der Waals surface area contributed by atoms with Crippen molar-refractivity contribution < 1.29 is 9.53 Å². The second-order valence-corrected chi connectivity index (χ2v) is 4.04. The Morgan fingerprint density at radius 1 is 1.57 bits per heavy atom. The second kappa shape index (κ2) is 5.86. The molecule has 1 atom stereocenters. The van der Waals surface area contributed by atoms with Crippen molar-refractivity contribution in [3.05, 3.63) is 0 Å². The Morgan fingerprint density at radius 2 is 2.36 bits per heavy atom. The molecule has 4 heteroatoms. The number of carbonyl (C=O) groups excluding carboxylic acids is 1. The predicted molar refractivity (Wildman–Crippen MR) is 55.3 cm³/mol. The summed E-state index contributed by atoms with van der Waals surface area (Å²) in [6, 6.07) is 0.489. The van der Waals surface area contributed by atoms with Gasteiger partial charge in [0.2, 0.25) is 0 Å². The Hall–Kier alpha value is -0.770. The minimum absolute atomic E-state index is 0.141. The van der Waals surface area contributed by atoms with Gasteiger partial charge in [-0.25, -0.2) is 4.79 Å². The van der Waals surface area contributed by atoms with Gasteiger partial charge >= 0.3 is 6.09 Å². The maximum Gasteiger partial charge on any atom is 0.407 e. The van der Waals surface area contributed by atoms with Crippen LogP contribution in [-0.4, -0.2) is 31.3 Å². The van der Waals surface area contributed by atoms with Gasteiger partial charge in [0.25, 0.3) is 0 Å². The smallest absolute Gasteiger partial charge is 0.407 e. The van der Waals surface area contributed by atoms with Crippen LogP contribution in [0.15, 0.2) is 0 Å². The van der Waals surface area contributed by atoms with Crippen LogP contribution in [0.3, 0.4) is 0 Å². The maximum absolute atomic E-state index is 11.1. The SMILES string of the molecule is CC(C)NC(=O)OCC1CCCCN1. The first-order valence-corrected chi connectivity index (χ1v) is 5.35. The Kier molecular flexibility index (Phi) is 4.73. The van der Waals surface area contributed by atoms with Crippen LogP contribution in [0, 0.1) is 0 Å². The van der Waals surface area contributed by atoms with Crippen molar-refractivity contribution in [2.45, 2.75) is 45.2 Å². The Labute approximate surface area is 85.4 Å². The van der Waals surface area contributed by atoms with E-state index in [1.54, 1.807) is 0 Å². The zero-order chi connectivity index (χ0) is 10.4. The summed E-state index contributed by atoms with van der Waals surface area (Å²) in [5, 5.41) is 6.02. The topological polar surface area (TPSA) is 50.4 Å². The van der Waals surface area contributed by atoms with Gasteiger partial charge in [-0.1, -0.05) is 6.42 Å². The van der Waals surface area contributed by atoms with Crippen LogP contribution in [-0.2, 0) is 4.74 Å².